The van der Waals surface area contributed by atoms with Crippen LogP contribution in [0.2, 0.25) is 0 Å². The molecule has 0 bridgehead atoms. The van der Waals surface area contributed by atoms with Crippen LogP contribution in [0.1, 0.15) is 52.4 Å². The highest BCUT2D eigenvalue weighted by molar-refractivity contribution is 7.41. The van der Waals surface area contributed by atoms with Gasteiger partial charge in [0.1, 0.15) is 0 Å². The Kier molecular flexibility index (Phi) is 11.3. The normalized spacial score (nSPS) is 12.2. The average Bonchev–Trinajstić information content (AvgIpc) is 2.10. The molecular formula is C11H22P. The molecule has 0 rings (SSSR count). The Labute approximate surface area is 79.6 Å². The van der Waals surface area contributed by atoms with Crippen LogP contribution in [0, 0.1) is 0 Å². The molecule has 71 valence electrons. The first-order valence-corrected chi connectivity index (χ1v) is 6.34. The zero-order valence-corrected chi connectivity index (χ0v) is 9.45. The molecule has 0 aliphatic rings. The van der Waals surface area contributed by atoms with Crippen LogP contribution in [0.15, 0.2) is 11.9 Å². The number of rotatable bonds is 8. The summed E-state index contributed by atoms with van der Waals surface area (Å²) in [4.78, 5) is 0. The van der Waals surface area contributed by atoms with E-state index in [0.29, 0.717) is 0 Å². The van der Waals surface area contributed by atoms with Crippen LogP contribution in [-0.4, -0.2) is 6.16 Å². The van der Waals surface area contributed by atoms with Gasteiger partial charge in [0.2, 0.25) is 0 Å². The molecule has 0 aliphatic heterocycles. The molecule has 0 fully saturated rings. The molecule has 1 heteroatoms. The van der Waals surface area contributed by atoms with Gasteiger partial charge >= 0.3 is 0 Å². The molecule has 0 spiro atoms. The Bertz CT molecular complexity index is 97.2. The van der Waals surface area contributed by atoms with Crippen molar-refractivity contribution >= 4 is 8.58 Å². The van der Waals surface area contributed by atoms with E-state index in [0.717, 1.165) is 0 Å². The van der Waals surface area contributed by atoms with E-state index in [9.17, 15) is 0 Å². The summed E-state index contributed by atoms with van der Waals surface area (Å²) in [5.74, 6) is 2.24. The van der Waals surface area contributed by atoms with Crippen molar-refractivity contribution in [2.24, 2.45) is 0 Å². The van der Waals surface area contributed by atoms with E-state index in [-0.39, 0.29) is 0 Å². The van der Waals surface area contributed by atoms with Gasteiger partial charge in [-0.1, -0.05) is 59.5 Å². The molecule has 1 radical (unpaired) electrons. The second kappa shape index (κ2) is 11.2. The van der Waals surface area contributed by atoms with Crippen LogP contribution < -0.4 is 0 Å². The van der Waals surface area contributed by atoms with E-state index in [4.69, 9.17) is 0 Å². The molecule has 0 heterocycles. The Morgan fingerprint density at radius 3 is 2.33 bits per heavy atom. The minimum Gasteiger partial charge on any atom is -0.0868 e. The molecule has 0 unspecified atom stereocenters. The van der Waals surface area contributed by atoms with Crippen LogP contribution in [0.5, 0.6) is 0 Å². The average molecular weight is 185 g/mol. The van der Waals surface area contributed by atoms with Crippen LogP contribution >= 0.6 is 8.58 Å². The van der Waals surface area contributed by atoms with Crippen molar-refractivity contribution < 1.29 is 0 Å². The first-order valence-electron chi connectivity index (χ1n) is 5.19. The third-order valence-corrected chi connectivity index (χ3v) is 2.98. The number of hydrogen-bond donors (Lipinski definition) is 0. The molecule has 0 aromatic heterocycles. The highest BCUT2D eigenvalue weighted by Gasteiger charge is 1.88. The summed E-state index contributed by atoms with van der Waals surface area (Å²) in [5, 5.41) is 0. The molecule has 0 amide bonds. The predicted octanol–water partition coefficient (Wildman–Crippen LogP) is 4.83. The van der Waals surface area contributed by atoms with Gasteiger partial charge in [0.25, 0.3) is 0 Å². The van der Waals surface area contributed by atoms with Crippen LogP contribution in [0.4, 0.5) is 0 Å². The van der Waals surface area contributed by atoms with Gasteiger partial charge in [0.15, 0.2) is 0 Å². The van der Waals surface area contributed by atoms with Gasteiger partial charge in [0, 0.05) is 0 Å². The zero-order chi connectivity index (χ0) is 9.07. The lowest BCUT2D eigenvalue weighted by atomic mass is 10.1. The maximum atomic E-state index is 2.27. The third-order valence-electron chi connectivity index (χ3n) is 1.90. The van der Waals surface area contributed by atoms with Crippen LogP contribution in [-0.2, 0) is 0 Å². The quantitative estimate of drug-likeness (QED) is 0.375. The van der Waals surface area contributed by atoms with Gasteiger partial charge in [-0.2, -0.15) is 0 Å². The van der Waals surface area contributed by atoms with Crippen molar-refractivity contribution in [2.45, 2.75) is 52.4 Å². The molecule has 0 nitrogen and oxygen atoms in total. The summed E-state index contributed by atoms with van der Waals surface area (Å²) in [6, 6.07) is 0. The molecule has 0 atom stereocenters. The van der Waals surface area contributed by atoms with Gasteiger partial charge in [-0.05, 0) is 19.5 Å². The molecule has 0 saturated heterocycles. The lowest BCUT2D eigenvalue weighted by Gasteiger charge is -1.98. The van der Waals surface area contributed by atoms with Gasteiger partial charge in [0.05, 0.1) is 0 Å². The van der Waals surface area contributed by atoms with Gasteiger partial charge in [-0.25, -0.2) is 0 Å². The van der Waals surface area contributed by atoms with E-state index < -0.39 is 0 Å². The van der Waals surface area contributed by atoms with Gasteiger partial charge in [-0.15, -0.1) is 0 Å². The summed E-state index contributed by atoms with van der Waals surface area (Å²) in [6.07, 6.45) is 12.0. The number of unbranched alkanes of at least 4 members (excludes halogenated alkanes) is 5. The largest absolute Gasteiger partial charge is 0.0868 e. The molecule has 0 aromatic carbocycles. The van der Waals surface area contributed by atoms with Gasteiger partial charge < -0.3 is 0 Å². The topological polar surface area (TPSA) is 0 Å². The minimum atomic E-state index is 1.36. The lowest BCUT2D eigenvalue weighted by molar-refractivity contribution is 0.626. The van der Waals surface area contributed by atoms with Crippen molar-refractivity contribution in [3.63, 3.8) is 0 Å². The van der Waals surface area contributed by atoms with E-state index in [1.807, 2.05) is 0 Å². The second-order valence-corrected chi connectivity index (χ2v) is 4.27. The maximum absolute atomic E-state index is 2.27. The van der Waals surface area contributed by atoms with E-state index in [1.165, 1.54) is 53.3 Å². The molecule has 0 aliphatic carbocycles. The number of allylic oxidation sites excluding steroid dienone is 1. The summed E-state index contributed by atoms with van der Waals surface area (Å²) >= 11 is 0. The molecule has 0 N–H and O–H groups in total. The van der Waals surface area contributed by atoms with Crippen molar-refractivity contribution in [2.75, 3.05) is 6.16 Å². The first kappa shape index (κ1) is 12.2. The number of hydrogen-bond acceptors (Lipinski definition) is 0. The summed E-state index contributed by atoms with van der Waals surface area (Å²) < 4.78 is 0. The van der Waals surface area contributed by atoms with E-state index in [2.05, 4.69) is 25.7 Å². The SMILES string of the molecule is C/C=C\[P]CCCCCCCC. The second-order valence-electron chi connectivity index (χ2n) is 3.16. The lowest BCUT2D eigenvalue weighted by Crippen LogP contribution is -1.79. The van der Waals surface area contributed by atoms with Crippen molar-refractivity contribution in [3.05, 3.63) is 11.9 Å². The van der Waals surface area contributed by atoms with Crippen molar-refractivity contribution in [1.29, 1.82) is 0 Å². The Hall–Kier alpha value is 0.170. The molecular weight excluding hydrogens is 163 g/mol. The predicted molar refractivity (Wildman–Crippen MR) is 60.0 cm³/mol. The van der Waals surface area contributed by atoms with Crippen molar-refractivity contribution in [3.8, 4) is 0 Å². The standard InChI is InChI=1S/C11H22P/c1-3-5-6-7-8-9-11-12-10-4-2/h4,10H,3,5-9,11H2,1-2H3/b10-4-. The minimum absolute atomic E-state index is 1.36. The smallest absolute Gasteiger partial charge is 0.0250 e. The monoisotopic (exact) mass is 185 g/mol. The Morgan fingerprint density at radius 1 is 1.00 bits per heavy atom. The summed E-state index contributed by atoms with van der Waals surface area (Å²) in [7, 11) is 1.50. The van der Waals surface area contributed by atoms with Crippen LogP contribution in [0.3, 0.4) is 0 Å². The molecule has 12 heavy (non-hydrogen) atoms. The molecule has 0 aromatic rings. The Balaban J connectivity index is 2.81. The molecule has 0 saturated carbocycles. The highest BCUT2D eigenvalue weighted by atomic mass is 31.1. The zero-order valence-electron chi connectivity index (χ0n) is 8.55. The van der Waals surface area contributed by atoms with Crippen molar-refractivity contribution in [1.82, 2.24) is 0 Å². The third kappa shape index (κ3) is 10.2. The maximum Gasteiger partial charge on any atom is -0.0250 e. The fourth-order valence-electron chi connectivity index (χ4n) is 1.16. The van der Waals surface area contributed by atoms with Crippen LogP contribution in [0.25, 0.3) is 0 Å². The summed E-state index contributed by atoms with van der Waals surface area (Å²) in [5.41, 5.74) is 0. The fourth-order valence-corrected chi connectivity index (χ4v) is 1.93. The van der Waals surface area contributed by atoms with E-state index >= 15 is 0 Å². The van der Waals surface area contributed by atoms with Gasteiger partial charge in [-0.3, -0.25) is 0 Å². The van der Waals surface area contributed by atoms with E-state index in [1.54, 1.807) is 0 Å². The first-order chi connectivity index (χ1) is 5.91. The highest BCUT2D eigenvalue weighted by Crippen LogP contribution is 2.15. The Morgan fingerprint density at radius 2 is 1.67 bits per heavy atom. The summed E-state index contributed by atoms with van der Waals surface area (Å²) in [6.45, 7) is 4.36. The fraction of sp³-hybridized carbons (Fsp3) is 0.818.